The first kappa shape index (κ1) is 24.2. The molecule has 9 heteroatoms. The molecule has 0 fully saturated rings. The molecule has 0 aromatic heterocycles. The van der Waals surface area contributed by atoms with E-state index in [0.29, 0.717) is 24.2 Å². The number of Topliss-reactive ketones (excluding diaryl/α,β-unsaturated/α-hetero) is 1. The van der Waals surface area contributed by atoms with Crippen LogP contribution in [0.5, 0.6) is 0 Å². The van der Waals surface area contributed by atoms with Gasteiger partial charge in [0.05, 0.1) is 29.6 Å². The standard InChI is InChI=1S/C24H28N2O7/c1-6-13(3)33-24(29)19-14(4)25-16-11-12(2)18(23(28)32-5)22(27)21(16)20(19)15-9-7-8-10-17(15)26(30)31/h7-10,12-13,18,20,25H,6,11H2,1-5H3/t12-,13-,18-,20+/m1/s1. The molecule has 0 bridgehead atoms. The summed E-state index contributed by atoms with van der Waals surface area (Å²) in [6.07, 6.45) is 0.545. The Hall–Kier alpha value is -3.49. The number of nitro groups is 1. The Labute approximate surface area is 192 Å². The van der Waals surface area contributed by atoms with Crippen LogP contribution in [-0.2, 0) is 23.9 Å². The van der Waals surface area contributed by atoms with E-state index in [4.69, 9.17) is 9.47 Å². The fourth-order valence-corrected chi connectivity index (χ4v) is 4.49. The average molecular weight is 456 g/mol. The van der Waals surface area contributed by atoms with Gasteiger partial charge in [0.2, 0.25) is 0 Å². The predicted octanol–water partition coefficient (Wildman–Crippen LogP) is 3.55. The van der Waals surface area contributed by atoms with Gasteiger partial charge in [-0.1, -0.05) is 32.0 Å². The lowest BCUT2D eigenvalue weighted by atomic mass is 9.69. The quantitative estimate of drug-likeness (QED) is 0.298. The van der Waals surface area contributed by atoms with E-state index < -0.39 is 34.5 Å². The van der Waals surface area contributed by atoms with Gasteiger partial charge in [-0.3, -0.25) is 19.7 Å². The van der Waals surface area contributed by atoms with Crippen LogP contribution in [0.3, 0.4) is 0 Å². The summed E-state index contributed by atoms with van der Waals surface area (Å²) >= 11 is 0. The third kappa shape index (κ3) is 4.40. The number of benzene rings is 1. The maximum atomic E-state index is 13.6. The number of ketones is 1. The highest BCUT2D eigenvalue weighted by molar-refractivity contribution is 6.12. The van der Waals surface area contributed by atoms with Crippen molar-refractivity contribution in [2.24, 2.45) is 11.8 Å². The Morgan fingerprint density at radius 3 is 2.58 bits per heavy atom. The molecule has 0 saturated heterocycles. The second-order valence-electron chi connectivity index (χ2n) is 8.48. The molecular formula is C24H28N2O7. The molecule has 33 heavy (non-hydrogen) atoms. The van der Waals surface area contributed by atoms with Crippen molar-refractivity contribution in [1.29, 1.82) is 0 Å². The third-order valence-corrected chi connectivity index (χ3v) is 6.29. The lowest BCUT2D eigenvalue weighted by Gasteiger charge is -2.38. The number of nitrogens with zero attached hydrogens (tertiary/aromatic N) is 1. The number of rotatable bonds is 6. The Morgan fingerprint density at radius 1 is 1.30 bits per heavy atom. The van der Waals surface area contributed by atoms with Gasteiger partial charge in [0.25, 0.3) is 5.69 Å². The van der Waals surface area contributed by atoms with E-state index >= 15 is 0 Å². The van der Waals surface area contributed by atoms with E-state index in [-0.39, 0.29) is 34.4 Å². The molecule has 1 N–H and O–H groups in total. The maximum Gasteiger partial charge on any atom is 0.337 e. The van der Waals surface area contributed by atoms with E-state index in [0.717, 1.165) is 0 Å². The van der Waals surface area contributed by atoms with Crippen LogP contribution in [0.25, 0.3) is 0 Å². The summed E-state index contributed by atoms with van der Waals surface area (Å²) in [5, 5.41) is 15.0. The van der Waals surface area contributed by atoms with Gasteiger partial charge in [0.1, 0.15) is 5.92 Å². The molecule has 3 rings (SSSR count). The fourth-order valence-electron chi connectivity index (χ4n) is 4.49. The summed E-state index contributed by atoms with van der Waals surface area (Å²) in [5.74, 6) is -4.30. The van der Waals surface area contributed by atoms with Crippen molar-refractivity contribution in [2.75, 3.05) is 7.11 Å². The lowest BCUT2D eigenvalue weighted by Crippen LogP contribution is -2.43. The van der Waals surface area contributed by atoms with Gasteiger partial charge in [-0.25, -0.2) is 4.79 Å². The maximum absolute atomic E-state index is 13.6. The first-order valence-corrected chi connectivity index (χ1v) is 10.9. The molecule has 1 aliphatic heterocycles. The Morgan fingerprint density at radius 2 is 1.97 bits per heavy atom. The number of nitrogens with one attached hydrogen (secondary N) is 1. The van der Waals surface area contributed by atoms with E-state index in [1.54, 1.807) is 26.8 Å². The number of hydrogen-bond acceptors (Lipinski definition) is 8. The summed E-state index contributed by atoms with van der Waals surface area (Å²) in [5.41, 5.74) is 1.27. The Balaban J connectivity index is 2.25. The predicted molar refractivity (Wildman–Crippen MR) is 119 cm³/mol. The highest BCUT2D eigenvalue weighted by atomic mass is 16.6. The van der Waals surface area contributed by atoms with Crippen molar-refractivity contribution in [3.63, 3.8) is 0 Å². The molecule has 1 aliphatic carbocycles. The van der Waals surface area contributed by atoms with Crippen molar-refractivity contribution in [3.05, 3.63) is 62.5 Å². The normalized spacial score (nSPS) is 23.4. The van der Waals surface area contributed by atoms with Gasteiger partial charge >= 0.3 is 11.9 Å². The van der Waals surface area contributed by atoms with Crippen LogP contribution in [0, 0.1) is 22.0 Å². The summed E-state index contributed by atoms with van der Waals surface area (Å²) in [4.78, 5) is 50.6. The number of ether oxygens (including phenoxy) is 2. The molecule has 1 heterocycles. The number of allylic oxidation sites excluding steroid dienone is 3. The van der Waals surface area contributed by atoms with Crippen LogP contribution in [0.4, 0.5) is 5.69 Å². The van der Waals surface area contributed by atoms with Crippen LogP contribution < -0.4 is 5.32 Å². The molecule has 0 amide bonds. The van der Waals surface area contributed by atoms with Gasteiger partial charge in [0.15, 0.2) is 5.78 Å². The summed E-state index contributed by atoms with van der Waals surface area (Å²) < 4.78 is 10.4. The van der Waals surface area contributed by atoms with Crippen molar-refractivity contribution < 1.29 is 28.8 Å². The SMILES string of the molecule is CC[C@@H](C)OC(=O)C1=C(C)NC2=C(C(=O)[C@H](C(=O)OC)[C@H](C)C2)[C@H]1c1ccccc1[N+](=O)[O-]. The minimum Gasteiger partial charge on any atom is -0.468 e. The molecule has 0 spiro atoms. The lowest BCUT2D eigenvalue weighted by molar-refractivity contribution is -0.385. The number of dihydropyridines is 1. The number of para-hydroxylation sites is 1. The monoisotopic (exact) mass is 456 g/mol. The highest BCUT2D eigenvalue weighted by Gasteiger charge is 2.48. The van der Waals surface area contributed by atoms with E-state index in [1.807, 2.05) is 6.92 Å². The summed E-state index contributed by atoms with van der Waals surface area (Å²) in [6, 6.07) is 6.00. The van der Waals surface area contributed by atoms with Crippen molar-refractivity contribution in [1.82, 2.24) is 5.32 Å². The second kappa shape index (κ2) is 9.56. The summed E-state index contributed by atoms with van der Waals surface area (Å²) in [7, 11) is 1.21. The number of carbonyl (C=O) groups is 3. The highest BCUT2D eigenvalue weighted by Crippen LogP contribution is 2.47. The van der Waals surface area contributed by atoms with Crippen LogP contribution >= 0.6 is 0 Å². The number of methoxy groups -OCH3 is 1. The molecule has 4 atom stereocenters. The van der Waals surface area contributed by atoms with Gasteiger partial charge < -0.3 is 14.8 Å². The van der Waals surface area contributed by atoms with E-state index in [1.165, 1.54) is 25.3 Å². The molecular weight excluding hydrogens is 428 g/mol. The van der Waals surface area contributed by atoms with E-state index in [9.17, 15) is 24.5 Å². The molecule has 0 unspecified atom stereocenters. The minimum absolute atomic E-state index is 0.120. The zero-order valence-corrected chi connectivity index (χ0v) is 19.3. The van der Waals surface area contributed by atoms with Crippen LogP contribution in [-0.4, -0.2) is 35.9 Å². The van der Waals surface area contributed by atoms with Gasteiger partial charge in [-0.2, -0.15) is 0 Å². The second-order valence-corrected chi connectivity index (χ2v) is 8.48. The zero-order valence-electron chi connectivity index (χ0n) is 19.3. The van der Waals surface area contributed by atoms with Crippen molar-refractivity contribution >= 4 is 23.4 Å². The molecule has 2 aliphatic rings. The van der Waals surface area contributed by atoms with Gasteiger partial charge in [-0.05, 0) is 32.6 Å². The van der Waals surface area contributed by atoms with Crippen LogP contribution in [0.15, 0.2) is 46.8 Å². The Kier molecular flexibility index (Phi) is 7.00. The minimum atomic E-state index is -1.06. The fraction of sp³-hybridized carbons (Fsp3) is 0.458. The summed E-state index contributed by atoms with van der Waals surface area (Å²) in [6.45, 7) is 7.07. The van der Waals surface area contributed by atoms with Crippen LogP contribution in [0.1, 0.15) is 52.0 Å². The number of hydrogen-bond donors (Lipinski definition) is 1. The molecule has 1 aromatic carbocycles. The third-order valence-electron chi connectivity index (χ3n) is 6.29. The molecule has 0 radical (unpaired) electrons. The largest absolute Gasteiger partial charge is 0.468 e. The number of esters is 2. The van der Waals surface area contributed by atoms with Gasteiger partial charge in [-0.15, -0.1) is 0 Å². The van der Waals surface area contributed by atoms with Crippen molar-refractivity contribution in [3.8, 4) is 0 Å². The average Bonchev–Trinajstić information content (AvgIpc) is 2.77. The van der Waals surface area contributed by atoms with E-state index in [2.05, 4.69) is 5.32 Å². The van der Waals surface area contributed by atoms with Gasteiger partial charge in [0, 0.05) is 28.6 Å². The first-order chi connectivity index (χ1) is 15.6. The first-order valence-electron chi connectivity index (χ1n) is 10.9. The molecule has 1 aromatic rings. The van der Waals surface area contributed by atoms with Crippen molar-refractivity contribution in [2.45, 2.75) is 52.6 Å². The van der Waals surface area contributed by atoms with Crippen LogP contribution in [0.2, 0.25) is 0 Å². The molecule has 0 saturated carbocycles. The smallest absolute Gasteiger partial charge is 0.337 e. The zero-order chi connectivity index (χ0) is 24.4. The topological polar surface area (TPSA) is 125 Å². The number of nitro benzene ring substituents is 1. The molecule has 176 valence electrons. The number of carbonyl (C=O) groups excluding carboxylic acids is 3. The Bertz CT molecular complexity index is 1070. The molecule has 9 nitrogen and oxygen atoms in total.